The highest BCUT2D eigenvalue weighted by molar-refractivity contribution is 5.97. The molecule has 2 fully saturated rings. The van der Waals surface area contributed by atoms with E-state index in [4.69, 9.17) is 0 Å². The maximum atomic E-state index is 12.7. The van der Waals surface area contributed by atoms with Gasteiger partial charge in [0, 0.05) is 24.3 Å². The molecule has 0 unspecified atom stereocenters. The van der Waals surface area contributed by atoms with Crippen LogP contribution in [0.4, 0.5) is 11.5 Å². The molecular formula is C21H21N3O2. The number of nitrogens with one attached hydrogen (secondary N) is 1. The van der Waals surface area contributed by atoms with Gasteiger partial charge in [-0.25, -0.2) is 4.98 Å². The van der Waals surface area contributed by atoms with Gasteiger partial charge in [0.15, 0.2) is 0 Å². The van der Waals surface area contributed by atoms with Gasteiger partial charge < -0.3 is 10.2 Å². The Kier molecular flexibility index (Phi) is 3.39. The Morgan fingerprint density at radius 1 is 1.19 bits per heavy atom. The van der Waals surface area contributed by atoms with E-state index in [0.717, 1.165) is 37.9 Å². The lowest BCUT2D eigenvalue weighted by molar-refractivity contribution is -0.118. The minimum absolute atomic E-state index is 0.0350. The number of fused-ring (bicyclic) bond motifs is 2. The summed E-state index contributed by atoms with van der Waals surface area (Å²) in [5.41, 5.74) is 3.59. The molecular weight excluding hydrogens is 326 g/mol. The van der Waals surface area contributed by atoms with Gasteiger partial charge in [-0.1, -0.05) is 24.3 Å². The van der Waals surface area contributed by atoms with E-state index in [1.165, 1.54) is 11.1 Å². The van der Waals surface area contributed by atoms with Crippen molar-refractivity contribution in [2.75, 3.05) is 16.8 Å². The van der Waals surface area contributed by atoms with Gasteiger partial charge in [-0.2, -0.15) is 0 Å². The molecule has 1 aliphatic heterocycles. The molecule has 132 valence electrons. The zero-order valence-electron chi connectivity index (χ0n) is 14.6. The first-order valence-electron chi connectivity index (χ1n) is 9.33. The first-order valence-corrected chi connectivity index (χ1v) is 9.33. The second-order valence-corrected chi connectivity index (χ2v) is 7.61. The average Bonchev–Trinajstić information content (AvgIpc) is 3.06. The van der Waals surface area contributed by atoms with Crippen molar-refractivity contribution >= 4 is 23.3 Å². The molecule has 2 aromatic rings. The zero-order valence-corrected chi connectivity index (χ0v) is 14.6. The molecule has 1 aromatic carbocycles. The molecule has 5 nitrogen and oxygen atoms in total. The van der Waals surface area contributed by atoms with E-state index < -0.39 is 0 Å². The Labute approximate surface area is 152 Å². The molecule has 1 aromatic heterocycles. The first-order chi connectivity index (χ1) is 12.7. The highest BCUT2D eigenvalue weighted by Crippen LogP contribution is 2.61. The maximum absolute atomic E-state index is 12.7. The van der Waals surface area contributed by atoms with Gasteiger partial charge in [0.25, 0.3) is 0 Å². The number of rotatable bonds is 3. The van der Waals surface area contributed by atoms with Crippen LogP contribution in [0.25, 0.3) is 0 Å². The molecule has 0 bridgehead atoms. The molecule has 2 aliphatic carbocycles. The molecule has 2 atom stereocenters. The minimum Gasteiger partial charge on any atom is -0.311 e. The number of pyridine rings is 1. The SMILES string of the molecule is O=C(Nc1ccc(N2CCCC2=O)cn1)[C@@H]1C[C@@]12CCc1ccccc12. The smallest absolute Gasteiger partial charge is 0.229 e. The van der Waals surface area contributed by atoms with Crippen molar-refractivity contribution in [3.63, 3.8) is 0 Å². The van der Waals surface area contributed by atoms with Crippen LogP contribution in [-0.2, 0) is 21.4 Å². The summed E-state index contributed by atoms with van der Waals surface area (Å²) in [5, 5.41) is 2.96. The number of hydrogen-bond acceptors (Lipinski definition) is 3. The minimum atomic E-state index is 0.0350. The van der Waals surface area contributed by atoms with Crippen molar-refractivity contribution in [1.82, 2.24) is 4.98 Å². The number of carbonyl (C=O) groups excluding carboxylic acids is 2. The van der Waals surface area contributed by atoms with Crippen molar-refractivity contribution in [2.45, 2.75) is 37.5 Å². The summed E-state index contributed by atoms with van der Waals surface area (Å²) in [7, 11) is 0. The van der Waals surface area contributed by atoms with E-state index in [0.29, 0.717) is 12.2 Å². The summed E-state index contributed by atoms with van der Waals surface area (Å²) in [6.45, 7) is 0.746. The second-order valence-electron chi connectivity index (χ2n) is 7.61. The lowest BCUT2D eigenvalue weighted by Crippen LogP contribution is -2.24. The molecule has 2 heterocycles. The van der Waals surface area contributed by atoms with Crippen molar-refractivity contribution < 1.29 is 9.59 Å². The van der Waals surface area contributed by atoms with Gasteiger partial charge in [-0.15, -0.1) is 0 Å². The molecule has 1 N–H and O–H groups in total. The standard InChI is InChI=1S/C21H21N3O2/c25-19-6-3-11-24(19)15-7-8-18(22-13-15)23-20(26)17-12-21(17)10-9-14-4-1-2-5-16(14)21/h1-2,4-5,7-8,13,17H,3,6,9-12H2,(H,22,23,26)/t17-,21+/m0/s1. The molecule has 26 heavy (non-hydrogen) atoms. The fraction of sp³-hybridized carbons (Fsp3) is 0.381. The largest absolute Gasteiger partial charge is 0.311 e. The molecule has 2 amide bonds. The summed E-state index contributed by atoms with van der Waals surface area (Å²) in [6.07, 6.45) is 6.22. The van der Waals surface area contributed by atoms with Crippen LogP contribution in [0.3, 0.4) is 0 Å². The number of aryl methyl sites for hydroxylation is 1. The Bertz CT molecular complexity index is 892. The highest BCUT2D eigenvalue weighted by atomic mass is 16.2. The second kappa shape index (κ2) is 5.66. The Morgan fingerprint density at radius 3 is 2.85 bits per heavy atom. The Hall–Kier alpha value is -2.69. The third-order valence-corrected chi connectivity index (χ3v) is 6.17. The Morgan fingerprint density at radius 2 is 2.08 bits per heavy atom. The fourth-order valence-corrected chi connectivity index (χ4v) is 4.69. The summed E-state index contributed by atoms with van der Waals surface area (Å²) >= 11 is 0. The third-order valence-electron chi connectivity index (χ3n) is 6.17. The van der Waals surface area contributed by atoms with Crippen molar-refractivity contribution in [2.24, 2.45) is 5.92 Å². The van der Waals surface area contributed by atoms with E-state index >= 15 is 0 Å². The summed E-state index contributed by atoms with van der Waals surface area (Å²) in [4.78, 5) is 30.6. The van der Waals surface area contributed by atoms with Crippen LogP contribution in [0.15, 0.2) is 42.6 Å². The quantitative estimate of drug-likeness (QED) is 0.928. The first kappa shape index (κ1) is 15.6. The molecule has 5 heteroatoms. The topological polar surface area (TPSA) is 62.3 Å². The predicted molar refractivity (Wildman–Crippen MR) is 99.0 cm³/mol. The van der Waals surface area contributed by atoms with Crippen LogP contribution >= 0.6 is 0 Å². The number of carbonyl (C=O) groups is 2. The fourth-order valence-electron chi connectivity index (χ4n) is 4.69. The van der Waals surface area contributed by atoms with Gasteiger partial charge in [0.05, 0.1) is 11.9 Å². The van der Waals surface area contributed by atoms with Crippen LogP contribution in [0.2, 0.25) is 0 Å². The number of anilines is 2. The van der Waals surface area contributed by atoms with E-state index in [9.17, 15) is 9.59 Å². The lowest BCUT2D eigenvalue weighted by Gasteiger charge is -2.15. The van der Waals surface area contributed by atoms with E-state index in [-0.39, 0.29) is 23.1 Å². The predicted octanol–water partition coefficient (Wildman–Crippen LogP) is 3.05. The lowest BCUT2D eigenvalue weighted by atomic mass is 9.95. The number of hydrogen-bond donors (Lipinski definition) is 1. The summed E-state index contributed by atoms with van der Waals surface area (Å²) in [5.74, 6) is 0.786. The summed E-state index contributed by atoms with van der Waals surface area (Å²) < 4.78 is 0. The normalized spacial score (nSPS) is 26.2. The van der Waals surface area contributed by atoms with Crippen LogP contribution < -0.4 is 10.2 Å². The van der Waals surface area contributed by atoms with Gasteiger partial charge >= 0.3 is 0 Å². The van der Waals surface area contributed by atoms with Crippen LogP contribution in [0.1, 0.15) is 36.8 Å². The van der Waals surface area contributed by atoms with E-state index in [1.807, 2.05) is 6.07 Å². The van der Waals surface area contributed by atoms with E-state index in [2.05, 4.69) is 34.6 Å². The van der Waals surface area contributed by atoms with Crippen molar-refractivity contribution in [3.8, 4) is 0 Å². The van der Waals surface area contributed by atoms with Crippen molar-refractivity contribution in [1.29, 1.82) is 0 Å². The van der Waals surface area contributed by atoms with Crippen LogP contribution in [-0.4, -0.2) is 23.3 Å². The van der Waals surface area contributed by atoms with Gasteiger partial charge in [-0.05, 0) is 48.9 Å². The summed E-state index contributed by atoms with van der Waals surface area (Å²) in [6, 6.07) is 12.1. The molecule has 1 saturated heterocycles. The number of amides is 2. The number of benzene rings is 1. The van der Waals surface area contributed by atoms with Crippen LogP contribution in [0.5, 0.6) is 0 Å². The van der Waals surface area contributed by atoms with E-state index in [1.54, 1.807) is 17.2 Å². The average molecular weight is 347 g/mol. The number of nitrogens with zero attached hydrogens (tertiary/aromatic N) is 2. The Balaban J connectivity index is 1.28. The molecule has 1 saturated carbocycles. The number of aromatic nitrogens is 1. The molecule has 5 rings (SSSR count). The molecule has 1 spiro atoms. The molecule has 0 radical (unpaired) electrons. The maximum Gasteiger partial charge on any atom is 0.229 e. The van der Waals surface area contributed by atoms with Gasteiger partial charge in [0.1, 0.15) is 5.82 Å². The zero-order chi connectivity index (χ0) is 17.7. The third kappa shape index (κ3) is 2.34. The van der Waals surface area contributed by atoms with Gasteiger partial charge in [-0.3, -0.25) is 9.59 Å². The van der Waals surface area contributed by atoms with Gasteiger partial charge in [0.2, 0.25) is 11.8 Å². The monoisotopic (exact) mass is 347 g/mol. The molecule has 3 aliphatic rings. The van der Waals surface area contributed by atoms with Crippen molar-refractivity contribution in [3.05, 3.63) is 53.7 Å². The van der Waals surface area contributed by atoms with Crippen LogP contribution in [0, 0.1) is 5.92 Å². The highest BCUT2D eigenvalue weighted by Gasteiger charge is 2.61.